The second-order valence-electron chi connectivity index (χ2n) is 6.87. The largest absolute Gasteiger partial charge is 0.508 e. The molecule has 140 valence electrons. The van der Waals surface area contributed by atoms with Crippen molar-refractivity contribution in [2.24, 2.45) is 5.10 Å². The number of benzene rings is 3. The number of hydrogen-bond acceptors (Lipinski definition) is 5. The van der Waals surface area contributed by atoms with Crippen LogP contribution in [-0.4, -0.2) is 15.9 Å². The van der Waals surface area contributed by atoms with E-state index in [1.165, 1.54) is 11.6 Å². The van der Waals surface area contributed by atoms with E-state index >= 15 is 0 Å². The van der Waals surface area contributed by atoms with Gasteiger partial charge in [0.05, 0.1) is 17.1 Å². The van der Waals surface area contributed by atoms with Gasteiger partial charge in [-0.15, -0.1) is 0 Å². The number of nitrogens with one attached hydrogen (secondary N) is 1. The zero-order chi connectivity index (χ0) is 19.7. The quantitative estimate of drug-likeness (QED) is 0.635. The van der Waals surface area contributed by atoms with Gasteiger partial charge in [0.2, 0.25) is 0 Å². The molecule has 4 rings (SSSR count). The number of hydrazone groups is 1. The highest BCUT2D eigenvalue weighted by atomic mass is 16.3. The molecule has 5 heteroatoms. The predicted molar refractivity (Wildman–Crippen MR) is 112 cm³/mol. The molecule has 0 bridgehead atoms. The van der Waals surface area contributed by atoms with Gasteiger partial charge in [-0.3, -0.25) is 5.43 Å². The fourth-order valence-electron chi connectivity index (χ4n) is 3.00. The smallest absolute Gasteiger partial charge is 0.128 e. The van der Waals surface area contributed by atoms with Crippen LogP contribution < -0.4 is 10.5 Å². The summed E-state index contributed by atoms with van der Waals surface area (Å²) in [6.07, 6.45) is 1.89. The molecule has 0 aliphatic carbocycles. The van der Waals surface area contributed by atoms with Crippen LogP contribution in [-0.2, 0) is 0 Å². The standard InChI is InChI=1S/C23H21N3O2/c1-15-3-7-17(8-4-15)21-14-22(20-12-11-19(27)13-23(20)28)25-26(24-21)18-9-5-16(2)6-10-18/h3-14,25,27-28H,1-2H3. The van der Waals surface area contributed by atoms with Crippen LogP contribution >= 0.6 is 0 Å². The average molecular weight is 371 g/mol. The second-order valence-corrected chi connectivity index (χ2v) is 6.87. The molecule has 5 nitrogen and oxygen atoms in total. The van der Waals surface area contributed by atoms with Crippen molar-refractivity contribution >= 4 is 17.1 Å². The lowest BCUT2D eigenvalue weighted by atomic mass is 10.0. The summed E-state index contributed by atoms with van der Waals surface area (Å²) in [5.41, 5.74) is 9.45. The molecule has 3 N–H and O–H groups in total. The maximum absolute atomic E-state index is 10.3. The number of hydrazine groups is 1. The minimum atomic E-state index is -0.00670. The molecule has 28 heavy (non-hydrogen) atoms. The molecule has 0 fully saturated rings. The molecule has 0 saturated carbocycles. The SMILES string of the molecule is Cc1ccc(C2=NN(c3ccc(C)cc3)NC(c3ccc(O)cc3O)=C2)cc1. The van der Waals surface area contributed by atoms with E-state index in [1.54, 1.807) is 17.3 Å². The van der Waals surface area contributed by atoms with Gasteiger partial charge in [0.1, 0.15) is 11.5 Å². The van der Waals surface area contributed by atoms with Gasteiger partial charge < -0.3 is 10.2 Å². The summed E-state index contributed by atoms with van der Waals surface area (Å²) in [5, 5.41) is 26.4. The van der Waals surface area contributed by atoms with E-state index in [0.717, 1.165) is 22.5 Å². The van der Waals surface area contributed by atoms with Crippen LogP contribution in [0.25, 0.3) is 5.70 Å². The van der Waals surface area contributed by atoms with Crippen molar-refractivity contribution in [2.45, 2.75) is 13.8 Å². The summed E-state index contributed by atoms with van der Waals surface area (Å²) >= 11 is 0. The number of phenols is 2. The van der Waals surface area contributed by atoms with Gasteiger partial charge in [-0.25, -0.2) is 0 Å². The molecular formula is C23H21N3O2. The van der Waals surface area contributed by atoms with Gasteiger partial charge in [0, 0.05) is 17.2 Å². The molecule has 3 aromatic rings. The number of nitrogens with zero attached hydrogens (tertiary/aromatic N) is 2. The third-order valence-corrected chi connectivity index (χ3v) is 4.61. The first-order valence-electron chi connectivity index (χ1n) is 9.03. The first-order chi connectivity index (χ1) is 13.5. The molecule has 1 heterocycles. The molecule has 0 aromatic heterocycles. The molecular weight excluding hydrogens is 350 g/mol. The molecule has 0 amide bonds. The number of phenolic OH excluding ortho intramolecular Hbond substituents is 2. The van der Waals surface area contributed by atoms with E-state index < -0.39 is 0 Å². The van der Waals surface area contributed by atoms with Crippen LogP contribution in [0.3, 0.4) is 0 Å². The van der Waals surface area contributed by atoms with Crippen molar-refractivity contribution < 1.29 is 10.2 Å². The maximum Gasteiger partial charge on any atom is 0.128 e. The summed E-state index contributed by atoms with van der Waals surface area (Å²) < 4.78 is 0. The number of anilines is 1. The Bertz CT molecular complexity index is 1070. The Labute approximate surface area is 163 Å². The Morgan fingerprint density at radius 2 is 1.46 bits per heavy atom. The minimum Gasteiger partial charge on any atom is -0.508 e. The van der Waals surface area contributed by atoms with Crippen LogP contribution in [0.2, 0.25) is 0 Å². The Morgan fingerprint density at radius 3 is 2.11 bits per heavy atom. The van der Waals surface area contributed by atoms with Crippen LogP contribution in [0.15, 0.2) is 77.9 Å². The number of hydrogen-bond donors (Lipinski definition) is 3. The molecule has 1 aliphatic rings. The summed E-state index contributed by atoms with van der Waals surface area (Å²) in [6.45, 7) is 4.08. The molecule has 0 atom stereocenters. The second kappa shape index (κ2) is 7.12. The lowest BCUT2D eigenvalue weighted by molar-refractivity contribution is 0.449. The van der Waals surface area contributed by atoms with Gasteiger partial charge in [-0.2, -0.15) is 10.2 Å². The highest BCUT2D eigenvalue weighted by Crippen LogP contribution is 2.30. The lowest BCUT2D eigenvalue weighted by Crippen LogP contribution is -2.36. The van der Waals surface area contributed by atoms with Crippen molar-refractivity contribution in [1.82, 2.24) is 5.43 Å². The van der Waals surface area contributed by atoms with Crippen LogP contribution in [0.1, 0.15) is 22.3 Å². The van der Waals surface area contributed by atoms with Crippen molar-refractivity contribution in [3.63, 3.8) is 0 Å². The number of allylic oxidation sites excluding steroid dienone is 1. The number of aromatic hydroxyl groups is 2. The van der Waals surface area contributed by atoms with Crippen molar-refractivity contribution in [1.29, 1.82) is 0 Å². The highest BCUT2D eigenvalue weighted by Gasteiger charge is 2.19. The molecule has 0 spiro atoms. The van der Waals surface area contributed by atoms with E-state index in [4.69, 9.17) is 5.10 Å². The molecule has 0 unspecified atom stereocenters. The van der Waals surface area contributed by atoms with Crippen molar-refractivity contribution in [3.8, 4) is 11.5 Å². The third kappa shape index (κ3) is 3.55. The van der Waals surface area contributed by atoms with Gasteiger partial charge in [-0.05, 0) is 44.2 Å². The minimum absolute atomic E-state index is 0.00670. The fourth-order valence-corrected chi connectivity index (χ4v) is 3.00. The Morgan fingerprint density at radius 1 is 0.821 bits per heavy atom. The molecule has 0 saturated heterocycles. The molecule has 3 aromatic carbocycles. The lowest BCUT2D eigenvalue weighted by Gasteiger charge is -2.28. The summed E-state index contributed by atoms with van der Waals surface area (Å²) in [5.74, 6) is 0.00763. The van der Waals surface area contributed by atoms with E-state index in [1.807, 2.05) is 68.5 Å². The van der Waals surface area contributed by atoms with Crippen LogP contribution in [0.4, 0.5) is 5.69 Å². The average Bonchev–Trinajstić information content (AvgIpc) is 2.69. The van der Waals surface area contributed by atoms with Gasteiger partial charge in [0.15, 0.2) is 0 Å². The van der Waals surface area contributed by atoms with Gasteiger partial charge in [0.25, 0.3) is 0 Å². The normalized spacial score (nSPS) is 13.6. The predicted octanol–water partition coefficient (Wildman–Crippen LogP) is 4.48. The summed E-state index contributed by atoms with van der Waals surface area (Å²) in [7, 11) is 0. The number of aryl methyl sites for hydroxylation is 2. The van der Waals surface area contributed by atoms with Gasteiger partial charge in [-0.1, -0.05) is 47.5 Å². The van der Waals surface area contributed by atoms with Gasteiger partial charge >= 0.3 is 0 Å². The zero-order valence-corrected chi connectivity index (χ0v) is 15.7. The van der Waals surface area contributed by atoms with E-state index in [-0.39, 0.29) is 11.5 Å². The first-order valence-corrected chi connectivity index (χ1v) is 9.03. The maximum atomic E-state index is 10.3. The van der Waals surface area contributed by atoms with E-state index in [9.17, 15) is 10.2 Å². The van der Waals surface area contributed by atoms with Crippen LogP contribution in [0, 0.1) is 13.8 Å². The zero-order valence-electron chi connectivity index (χ0n) is 15.7. The first kappa shape index (κ1) is 17.7. The van der Waals surface area contributed by atoms with E-state index in [2.05, 4.69) is 5.43 Å². The Hall–Kier alpha value is -3.73. The highest BCUT2D eigenvalue weighted by molar-refractivity contribution is 6.13. The third-order valence-electron chi connectivity index (χ3n) is 4.61. The van der Waals surface area contributed by atoms with Crippen LogP contribution in [0.5, 0.6) is 11.5 Å². The van der Waals surface area contributed by atoms with Crippen molar-refractivity contribution in [2.75, 3.05) is 5.12 Å². The molecule has 0 radical (unpaired) electrons. The number of rotatable bonds is 3. The monoisotopic (exact) mass is 371 g/mol. The Kier molecular flexibility index (Phi) is 4.49. The van der Waals surface area contributed by atoms with E-state index in [0.29, 0.717) is 11.3 Å². The summed E-state index contributed by atoms with van der Waals surface area (Å²) in [6, 6.07) is 20.7. The van der Waals surface area contributed by atoms with Crippen molar-refractivity contribution in [3.05, 3.63) is 95.1 Å². The Balaban J connectivity index is 1.80. The molecule has 1 aliphatic heterocycles. The fraction of sp³-hybridized carbons (Fsp3) is 0.0870. The topological polar surface area (TPSA) is 68.1 Å². The summed E-state index contributed by atoms with van der Waals surface area (Å²) in [4.78, 5) is 0.